The van der Waals surface area contributed by atoms with E-state index in [0.717, 1.165) is 57.3 Å². The number of nitrogens with zero attached hydrogens (tertiary/aromatic N) is 2. The van der Waals surface area contributed by atoms with E-state index in [9.17, 15) is 9.90 Å². The van der Waals surface area contributed by atoms with E-state index in [4.69, 9.17) is 9.47 Å². The highest BCUT2D eigenvalue weighted by Crippen LogP contribution is 2.59. The maximum absolute atomic E-state index is 16.4. The maximum atomic E-state index is 16.4. The molecule has 0 bridgehead atoms. The molecule has 4 aliphatic heterocycles. The standard InChI is InChI=1S/C32H42FN3O4/c1-17-12-18(2)34-20(4)24(17)15-36-16-32(10-11-32)26-25(30(36)38)19(3)28-29(27(26)33)40-31(5,39-28)21-6-8-22(9-7-21)35-13-23(37)14-35/h12,20-23,34,37H,6-11,13-16H2,1-5H3/t20?,21?,22?,31-/m0/s1. The SMILES string of the molecule is CC1=CC(C)=C(CN2CC3(CC3)c3c(F)c4c(c(C)c3C2=O)O[C@](C)(C2CCC(N3CC(O)C3)CC2)O4)C(C)N1. The summed E-state index contributed by atoms with van der Waals surface area (Å²) in [7, 11) is 0. The molecular formula is C32H42FN3O4. The van der Waals surface area contributed by atoms with Gasteiger partial charge in [-0.25, -0.2) is 4.39 Å². The van der Waals surface area contributed by atoms with Crippen molar-refractivity contribution in [1.82, 2.24) is 15.1 Å². The number of ether oxygens (including phenoxy) is 2. The number of hydrogen-bond donors (Lipinski definition) is 2. The van der Waals surface area contributed by atoms with E-state index in [2.05, 4.69) is 37.1 Å². The molecule has 1 amide bonds. The fourth-order valence-electron chi connectivity index (χ4n) is 8.18. The Bertz CT molecular complexity index is 1340. The largest absolute Gasteiger partial charge is 0.448 e. The van der Waals surface area contributed by atoms with Gasteiger partial charge in [0, 0.05) is 73.3 Å². The molecule has 2 N–H and O–H groups in total. The molecule has 3 fully saturated rings. The van der Waals surface area contributed by atoms with E-state index in [0.29, 0.717) is 41.6 Å². The quantitative estimate of drug-likeness (QED) is 0.572. The molecule has 1 saturated heterocycles. The fraction of sp³-hybridized carbons (Fsp3) is 0.656. The number of aliphatic hydroxyl groups excluding tert-OH is 1. The van der Waals surface area contributed by atoms with Crippen molar-refractivity contribution in [1.29, 1.82) is 0 Å². The first kappa shape index (κ1) is 26.3. The fourth-order valence-corrected chi connectivity index (χ4v) is 8.18. The minimum Gasteiger partial charge on any atom is -0.448 e. The van der Waals surface area contributed by atoms with Crippen LogP contribution in [0.1, 0.15) is 87.7 Å². The summed E-state index contributed by atoms with van der Waals surface area (Å²) in [5.74, 6) is -0.726. The number of fused-ring (bicyclic) bond motifs is 3. The predicted octanol–water partition coefficient (Wildman–Crippen LogP) is 4.56. The van der Waals surface area contributed by atoms with E-state index >= 15 is 4.39 Å². The van der Waals surface area contributed by atoms with Crippen LogP contribution >= 0.6 is 0 Å². The van der Waals surface area contributed by atoms with Gasteiger partial charge in [0.05, 0.1) is 11.7 Å². The van der Waals surface area contributed by atoms with E-state index in [1.54, 1.807) is 0 Å². The molecule has 1 spiro atoms. The number of β-amino-alcohol motifs (C(OH)–C–C–N with tert-alkyl or cyclic N) is 1. The molecule has 216 valence electrons. The Morgan fingerprint density at radius 2 is 1.77 bits per heavy atom. The van der Waals surface area contributed by atoms with E-state index in [-0.39, 0.29) is 35.1 Å². The monoisotopic (exact) mass is 551 g/mol. The van der Waals surface area contributed by atoms with Crippen molar-refractivity contribution < 1.29 is 23.8 Å². The summed E-state index contributed by atoms with van der Waals surface area (Å²) in [6, 6.07) is 0.627. The Morgan fingerprint density at radius 3 is 2.40 bits per heavy atom. The zero-order valence-corrected chi connectivity index (χ0v) is 24.4. The zero-order valence-electron chi connectivity index (χ0n) is 24.4. The summed E-state index contributed by atoms with van der Waals surface area (Å²) in [6.45, 7) is 12.7. The van der Waals surface area contributed by atoms with Crippen LogP contribution in [-0.4, -0.2) is 71.0 Å². The van der Waals surface area contributed by atoms with Gasteiger partial charge >= 0.3 is 0 Å². The summed E-state index contributed by atoms with van der Waals surface area (Å²) in [5, 5.41) is 13.2. The molecule has 2 atom stereocenters. The van der Waals surface area contributed by atoms with E-state index in [1.165, 1.54) is 11.1 Å². The number of nitrogens with one attached hydrogen (secondary N) is 1. The van der Waals surface area contributed by atoms with Crippen LogP contribution in [0.4, 0.5) is 4.39 Å². The van der Waals surface area contributed by atoms with Crippen molar-refractivity contribution >= 4 is 5.91 Å². The van der Waals surface area contributed by atoms with Gasteiger partial charge in [0.1, 0.15) is 0 Å². The number of benzene rings is 1. The number of halogens is 1. The first-order valence-corrected chi connectivity index (χ1v) is 15.1. The molecule has 8 heteroatoms. The lowest BCUT2D eigenvalue weighted by molar-refractivity contribution is -0.129. The lowest BCUT2D eigenvalue weighted by Crippen LogP contribution is -2.57. The summed E-state index contributed by atoms with van der Waals surface area (Å²) >= 11 is 0. The van der Waals surface area contributed by atoms with Crippen molar-refractivity contribution in [3.63, 3.8) is 0 Å². The average Bonchev–Trinajstić information content (AvgIpc) is 3.55. The first-order chi connectivity index (χ1) is 19.0. The second kappa shape index (κ2) is 8.96. The Balaban J connectivity index is 1.17. The van der Waals surface area contributed by atoms with Gasteiger partial charge in [-0.1, -0.05) is 0 Å². The Morgan fingerprint density at radius 1 is 1.10 bits per heavy atom. The highest BCUT2D eigenvalue weighted by molar-refractivity contribution is 6.00. The van der Waals surface area contributed by atoms with Crippen LogP contribution in [0.2, 0.25) is 0 Å². The van der Waals surface area contributed by atoms with Gasteiger partial charge in [-0.15, -0.1) is 0 Å². The predicted molar refractivity (Wildman–Crippen MR) is 150 cm³/mol. The minimum atomic E-state index is -0.952. The normalized spacial score (nSPS) is 33.1. The molecule has 1 unspecified atom stereocenters. The number of carbonyl (C=O) groups is 1. The van der Waals surface area contributed by atoms with Crippen molar-refractivity contribution in [3.05, 3.63) is 45.4 Å². The third kappa shape index (κ3) is 3.92. The molecular weight excluding hydrogens is 509 g/mol. The molecule has 2 saturated carbocycles. The van der Waals surface area contributed by atoms with Gasteiger partial charge in [-0.2, -0.15) is 0 Å². The van der Waals surface area contributed by atoms with Crippen molar-refractivity contribution in [2.45, 2.75) is 103 Å². The van der Waals surface area contributed by atoms with Crippen LogP contribution in [0.15, 0.2) is 22.9 Å². The van der Waals surface area contributed by atoms with Gasteiger partial charge in [-0.05, 0) is 83.4 Å². The number of rotatable bonds is 4. The lowest BCUT2D eigenvalue weighted by Gasteiger charge is -2.46. The number of hydrogen-bond acceptors (Lipinski definition) is 6. The maximum Gasteiger partial charge on any atom is 0.254 e. The highest BCUT2D eigenvalue weighted by Gasteiger charge is 2.57. The van der Waals surface area contributed by atoms with Crippen LogP contribution in [0.5, 0.6) is 11.5 Å². The van der Waals surface area contributed by atoms with Crippen LogP contribution in [0.25, 0.3) is 0 Å². The van der Waals surface area contributed by atoms with Crippen LogP contribution < -0.4 is 14.8 Å². The second-order valence-corrected chi connectivity index (χ2v) is 13.5. The number of allylic oxidation sites excluding steroid dienone is 3. The average molecular weight is 552 g/mol. The molecule has 7 nitrogen and oxygen atoms in total. The number of amides is 1. The first-order valence-electron chi connectivity index (χ1n) is 15.1. The summed E-state index contributed by atoms with van der Waals surface area (Å²) in [5.41, 5.74) is 4.91. The molecule has 1 aromatic carbocycles. The summed E-state index contributed by atoms with van der Waals surface area (Å²) in [4.78, 5) is 18.4. The zero-order chi connectivity index (χ0) is 28.1. The lowest BCUT2D eigenvalue weighted by atomic mass is 9.80. The Hall–Kier alpha value is -2.58. The van der Waals surface area contributed by atoms with Crippen molar-refractivity contribution in [2.75, 3.05) is 26.2 Å². The van der Waals surface area contributed by atoms with Gasteiger partial charge in [0.15, 0.2) is 11.6 Å². The highest BCUT2D eigenvalue weighted by atomic mass is 19.1. The molecule has 1 aromatic rings. The van der Waals surface area contributed by atoms with Gasteiger partial charge in [0.25, 0.3) is 11.7 Å². The van der Waals surface area contributed by atoms with E-state index in [1.807, 2.05) is 18.7 Å². The number of carbonyl (C=O) groups excluding carboxylic acids is 1. The second-order valence-electron chi connectivity index (χ2n) is 13.5. The topological polar surface area (TPSA) is 74.3 Å². The van der Waals surface area contributed by atoms with Crippen LogP contribution in [0.3, 0.4) is 0 Å². The Labute approximate surface area is 236 Å². The van der Waals surface area contributed by atoms with Gasteiger partial charge in [-0.3, -0.25) is 9.69 Å². The van der Waals surface area contributed by atoms with Crippen molar-refractivity contribution in [3.8, 4) is 11.5 Å². The smallest absolute Gasteiger partial charge is 0.254 e. The van der Waals surface area contributed by atoms with Crippen LogP contribution in [-0.2, 0) is 5.41 Å². The third-order valence-electron chi connectivity index (χ3n) is 10.7. The van der Waals surface area contributed by atoms with Gasteiger partial charge in [0.2, 0.25) is 5.75 Å². The van der Waals surface area contributed by atoms with Gasteiger partial charge < -0.3 is 24.8 Å². The van der Waals surface area contributed by atoms with Crippen molar-refractivity contribution in [2.24, 2.45) is 5.92 Å². The van der Waals surface area contributed by atoms with E-state index < -0.39 is 11.6 Å². The molecule has 0 aromatic heterocycles. The third-order valence-corrected chi connectivity index (χ3v) is 10.7. The minimum absolute atomic E-state index is 0.111. The molecule has 4 heterocycles. The molecule has 7 rings (SSSR count). The number of likely N-dealkylation sites (tertiary alicyclic amines) is 1. The Kier molecular flexibility index (Phi) is 5.90. The summed E-state index contributed by atoms with van der Waals surface area (Å²) in [6.07, 6.45) is 7.56. The summed E-state index contributed by atoms with van der Waals surface area (Å²) < 4.78 is 29.4. The molecule has 40 heavy (non-hydrogen) atoms. The molecule has 2 aliphatic carbocycles. The number of dihydropyridines is 1. The molecule has 6 aliphatic rings. The number of aliphatic hydroxyl groups is 1. The van der Waals surface area contributed by atoms with Crippen LogP contribution in [0, 0.1) is 18.7 Å². The molecule has 0 radical (unpaired) electrons.